The molecule has 0 fully saturated rings. The zero-order chi connectivity index (χ0) is 17.0. The highest BCUT2D eigenvalue weighted by Gasteiger charge is 2.30. The molecule has 0 unspecified atom stereocenters. The third kappa shape index (κ3) is 5.14. The van der Waals surface area contributed by atoms with Crippen molar-refractivity contribution in [3.63, 3.8) is 0 Å². The summed E-state index contributed by atoms with van der Waals surface area (Å²) in [7, 11) is -3.48. The normalized spacial score (nSPS) is 12.0. The van der Waals surface area contributed by atoms with Gasteiger partial charge in [0, 0.05) is 6.54 Å². The highest BCUT2D eigenvalue weighted by molar-refractivity contribution is 7.93. The van der Waals surface area contributed by atoms with Crippen LogP contribution in [0.15, 0.2) is 24.3 Å². The number of amides is 1. The number of carboxylic acids is 1. The van der Waals surface area contributed by atoms with Gasteiger partial charge in [0.2, 0.25) is 5.91 Å². The summed E-state index contributed by atoms with van der Waals surface area (Å²) >= 11 is 0. The Morgan fingerprint density at radius 1 is 1.14 bits per heavy atom. The Morgan fingerprint density at radius 2 is 1.68 bits per heavy atom. The van der Waals surface area contributed by atoms with Crippen LogP contribution in [0.3, 0.4) is 0 Å². The maximum atomic E-state index is 11.9. The number of carbonyl (C=O) groups excluding carboxylic acids is 1. The fourth-order valence-corrected chi connectivity index (χ4v) is 2.48. The number of sulfone groups is 1. The summed E-state index contributed by atoms with van der Waals surface area (Å²) < 4.78 is 22.8. The Hall–Kier alpha value is -1.89. The highest BCUT2D eigenvalue weighted by atomic mass is 32.2. The molecule has 0 spiro atoms. The first-order valence-electron chi connectivity index (χ1n) is 6.84. The van der Waals surface area contributed by atoms with E-state index in [9.17, 15) is 18.0 Å². The van der Waals surface area contributed by atoms with Gasteiger partial charge in [-0.25, -0.2) is 13.2 Å². The Morgan fingerprint density at radius 3 is 2.14 bits per heavy atom. The van der Waals surface area contributed by atoms with Crippen molar-refractivity contribution < 1.29 is 23.1 Å². The third-order valence-corrected chi connectivity index (χ3v) is 5.70. The van der Waals surface area contributed by atoms with E-state index in [1.54, 1.807) is 32.9 Å². The summed E-state index contributed by atoms with van der Waals surface area (Å²) in [6.07, 6.45) is 0.501. The molecule has 0 aliphatic rings. The second-order valence-corrected chi connectivity index (χ2v) is 8.72. The molecule has 0 bridgehead atoms. The van der Waals surface area contributed by atoms with Crippen LogP contribution in [0.1, 0.15) is 36.7 Å². The van der Waals surface area contributed by atoms with Crippen LogP contribution < -0.4 is 5.32 Å². The molecule has 0 saturated heterocycles. The van der Waals surface area contributed by atoms with E-state index in [1.807, 2.05) is 0 Å². The lowest BCUT2D eigenvalue weighted by Crippen LogP contribution is -2.38. The van der Waals surface area contributed by atoms with Crippen molar-refractivity contribution in [2.24, 2.45) is 0 Å². The van der Waals surface area contributed by atoms with Gasteiger partial charge in [-0.15, -0.1) is 0 Å². The molecular weight excluding hydrogens is 306 g/mol. The minimum absolute atomic E-state index is 0.198. The van der Waals surface area contributed by atoms with E-state index in [-0.39, 0.29) is 5.56 Å². The van der Waals surface area contributed by atoms with Gasteiger partial charge in [0.1, 0.15) is 5.75 Å². The summed E-state index contributed by atoms with van der Waals surface area (Å²) in [6, 6.07) is 6.32. The van der Waals surface area contributed by atoms with Crippen molar-refractivity contribution in [1.82, 2.24) is 5.32 Å². The molecule has 22 heavy (non-hydrogen) atoms. The van der Waals surface area contributed by atoms with E-state index in [4.69, 9.17) is 5.11 Å². The Kier molecular flexibility index (Phi) is 5.71. The summed E-state index contributed by atoms with van der Waals surface area (Å²) in [5.74, 6) is -2.06. The Labute approximate surface area is 130 Å². The van der Waals surface area contributed by atoms with Crippen LogP contribution in [0.4, 0.5) is 0 Å². The van der Waals surface area contributed by atoms with Gasteiger partial charge in [0.15, 0.2) is 9.84 Å². The van der Waals surface area contributed by atoms with Crippen LogP contribution in [-0.4, -0.2) is 42.4 Å². The van der Waals surface area contributed by atoms with Crippen molar-refractivity contribution in [2.75, 3.05) is 12.3 Å². The number of hydrogen-bond donors (Lipinski definition) is 2. The van der Waals surface area contributed by atoms with E-state index in [0.717, 1.165) is 5.56 Å². The predicted molar refractivity (Wildman–Crippen MR) is 83.7 cm³/mol. The maximum absolute atomic E-state index is 11.9. The van der Waals surface area contributed by atoms with Crippen LogP contribution in [0.25, 0.3) is 0 Å². The first-order chi connectivity index (χ1) is 10.0. The number of carbonyl (C=O) groups is 2. The Balaban J connectivity index is 2.47. The predicted octanol–water partition coefficient (Wildman–Crippen LogP) is 1.26. The molecule has 1 amide bonds. The quantitative estimate of drug-likeness (QED) is 0.819. The summed E-state index contributed by atoms with van der Waals surface area (Å²) in [6.45, 7) is 4.96. The van der Waals surface area contributed by atoms with E-state index >= 15 is 0 Å². The van der Waals surface area contributed by atoms with Crippen LogP contribution in [-0.2, 0) is 21.1 Å². The number of carboxylic acid groups (broad SMARTS) is 1. The van der Waals surface area contributed by atoms with Gasteiger partial charge >= 0.3 is 5.97 Å². The van der Waals surface area contributed by atoms with Gasteiger partial charge in [-0.1, -0.05) is 12.1 Å². The highest BCUT2D eigenvalue weighted by Crippen LogP contribution is 2.15. The molecule has 0 radical (unpaired) electrons. The topological polar surface area (TPSA) is 101 Å². The molecule has 0 aliphatic carbocycles. The average Bonchev–Trinajstić information content (AvgIpc) is 2.37. The molecule has 122 valence electrons. The lowest BCUT2D eigenvalue weighted by Gasteiger charge is -2.18. The zero-order valence-corrected chi connectivity index (χ0v) is 13.7. The van der Waals surface area contributed by atoms with Crippen molar-refractivity contribution in [3.8, 4) is 0 Å². The van der Waals surface area contributed by atoms with Gasteiger partial charge in [-0.2, -0.15) is 0 Å². The maximum Gasteiger partial charge on any atom is 0.335 e. The SMILES string of the molecule is CC(C)(C)S(=O)(=O)CC(=O)NCCc1ccc(C(=O)O)cc1. The van der Waals surface area contributed by atoms with Crippen LogP contribution in [0.2, 0.25) is 0 Å². The van der Waals surface area contributed by atoms with Crippen molar-refractivity contribution in [1.29, 1.82) is 0 Å². The molecule has 0 aromatic heterocycles. The van der Waals surface area contributed by atoms with Crippen molar-refractivity contribution >= 4 is 21.7 Å². The van der Waals surface area contributed by atoms with E-state index in [1.165, 1.54) is 12.1 Å². The number of hydrogen-bond acceptors (Lipinski definition) is 4. The fourth-order valence-electron chi connectivity index (χ4n) is 1.60. The van der Waals surface area contributed by atoms with Crippen LogP contribution in [0.5, 0.6) is 0 Å². The van der Waals surface area contributed by atoms with Crippen LogP contribution in [0, 0.1) is 0 Å². The van der Waals surface area contributed by atoms with Crippen LogP contribution >= 0.6 is 0 Å². The van der Waals surface area contributed by atoms with E-state index in [0.29, 0.717) is 13.0 Å². The zero-order valence-electron chi connectivity index (χ0n) is 12.9. The minimum Gasteiger partial charge on any atom is -0.478 e. The molecule has 7 heteroatoms. The first kappa shape index (κ1) is 18.2. The molecule has 0 aliphatic heterocycles. The molecule has 1 aromatic rings. The number of rotatable bonds is 6. The number of nitrogens with one attached hydrogen (secondary N) is 1. The van der Waals surface area contributed by atoms with Gasteiger partial charge < -0.3 is 10.4 Å². The van der Waals surface area contributed by atoms with Gasteiger partial charge in [0.05, 0.1) is 10.3 Å². The lowest BCUT2D eigenvalue weighted by atomic mass is 10.1. The molecule has 2 N–H and O–H groups in total. The molecule has 6 nitrogen and oxygen atoms in total. The molecule has 0 saturated carbocycles. The van der Waals surface area contributed by atoms with E-state index in [2.05, 4.69) is 5.32 Å². The van der Waals surface area contributed by atoms with Crippen molar-refractivity contribution in [2.45, 2.75) is 31.9 Å². The Bertz CT molecular complexity index is 642. The molecular formula is C15H21NO5S. The molecule has 1 aromatic carbocycles. The smallest absolute Gasteiger partial charge is 0.335 e. The number of benzene rings is 1. The summed E-state index contributed by atoms with van der Waals surface area (Å²) in [4.78, 5) is 22.4. The third-order valence-electron chi connectivity index (χ3n) is 3.19. The summed E-state index contributed by atoms with van der Waals surface area (Å²) in [5, 5.41) is 11.3. The minimum atomic E-state index is -3.48. The van der Waals surface area contributed by atoms with Gasteiger partial charge in [-0.05, 0) is 44.9 Å². The largest absolute Gasteiger partial charge is 0.478 e. The fraction of sp³-hybridized carbons (Fsp3) is 0.467. The van der Waals surface area contributed by atoms with Crippen molar-refractivity contribution in [3.05, 3.63) is 35.4 Å². The molecule has 1 rings (SSSR count). The second-order valence-electron chi connectivity index (χ2n) is 5.97. The average molecular weight is 327 g/mol. The lowest BCUT2D eigenvalue weighted by molar-refractivity contribution is -0.118. The first-order valence-corrected chi connectivity index (χ1v) is 8.49. The second kappa shape index (κ2) is 6.91. The van der Waals surface area contributed by atoms with Gasteiger partial charge in [0.25, 0.3) is 0 Å². The number of aromatic carboxylic acids is 1. The monoisotopic (exact) mass is 327 g/mol. The van der Waals surface area contributed by atoms with E-state index < -0.39 is 32.2 Å². The standard InChI is InChI=1S/C15H21NO5S/c1-15(2,3)22(20,21)10-13(17)16-9-8-11-4-6-12(7-5-11)14(18)19/h4-7H,8-10H2,1-3H3,(H,16,17)(H,18,19). The molecule has 0 atom stereocenters. The summed E-state index contributed by atoms with van der Waals surface area (Å²) in [5.41, 5.74) is 1.06. The van der Waals surface area contributed by atoms with Gasteiger partial charge in [-0.3, -0.25) is 4.79 Å². The molecule has 0 heterocycles.